The van der Waals surface area contributed by atoms with Crippen LogP contribution in [0.3, 0.4) is 0 Å². The number of imidazole rings is 1. The van der Waals surface area contributed by atoms with Crippen molar-refractivity contribution in [3.05, 3.63) is 66.5 Å². The first-order valence-electron chi connectivity index (χ1n) is 10.7. The second kappa shape index (κ2) is 8.43. The third-order valence-corrected chi connectivity index (χ3v) is 5.83. The number of alkyl halides is 3. The van der Waals surface area contributed by atoms with Crippen LogP contribution in [0.2, 0.25) is 0 Å². The highest BCUT2D eigenvalue weighted by Gasteiger charge is 2.36. The fraction of sp³-hybridized carbons (Fsp3) is 0.318. The molecule has 1 fully saturated rings. The van der Waals surface area contributed by atoms with Crippen molar-refractivity contribution in [1.29, 1.82) is 0 Å². The van der Waals surface area contributed by atoms with Gasteiger partial charge in [-0.15, -0.1) is 0 Å². The van der Waals surface area contributed by atoms with Gasteiger partial charge in [-0.25, -0.2) is 9.97 Å². The van der Waals surface area contributed by atoms with Crippen molar-refractivity contribution in [1.82, 2.24) is 34.3 Å². The summed E-state index contributed by atoms with van der Waals surface area (Å²) in [6.45, 7) is 2.20. The number of hydrogen-bond acceptors (Lipinski definition) is 6. The minimum Gasteiger partial charge on any atom is -0.470 e. The van der Waals surface area contributed by atoms with Crippen LogP contribution in [0, 0.1) is 0 Å². The molecule has 4 heterocycles. The van der Waals surface area contributed by atoms with Crippen molar-refractivity contribution in [2.24, 2.45) is 0 Å². The normalized spacial score (nSPS) is 18.9. The molecule has 0 aliphatic carbocycles. The number of amides is 1. The number of benzene rings is 1. The van der Waals surface area contributed by atoms with Gasteiger partial charge < -0.3 is 9.64 Å². The quantitative estimate of drug-likeness (QED) is 0.453. The van der Waals surface area contributed by atoms with E-state index in [-0.39, 0.29) is 30.0 Å². The summed E-state index contributed by atoms with van der Waals surface area (Å²) in [7, 11) is 0. The van der Waals surface area contributed by atoms with Crippen LogP contribution in [0.25, 0.3) is 11.3 Å². The van der Waals surface area contributed by atoms with Crippen LogP contribution in [0.4, 0.5) is 13.2 Å². The van der Waals surface area contributed by atoms with Crippen molar-refractivity contribution in [3.63, 3.8) is 0 Å². The smallest absolute Gasteiger partial charge is 0.433 e. The largest absolute Gasteiger partial charge is 0.470 e. The molecule has 1 aliphatic rings. The number of fused-ring (bicyclic) bond motifs is 1. The molecular weight excluding hydrogens is 451 g/mol. The molecule has 0 spiro atoms. The summed E-state index contributed by atoms with van der Waals surface area (Å²) >= 11 is 0. The van der Waals surface area contributed by atoms with Crippen LogP contribution in [0.1, 0.15) is 35.8 Å². The molecule has 5 rings (SSSR count). The van der Waals surface area contributed by atoms with Gasteiger partial charge in [-0.3, -0.25) is 9.20 Å². The van der Waals surface area contributed by atoms with Gasteiger partial charge in [0.2, 0.25) is 5.65 Å². The molecule has 1 saturated heterocycles. The Hall–Kier alpha value is -3.96. The van der Waals surface area contributed by atoms with Crippen molar-refractivity contribution >= 4 is 11.6 Å². The van der Waals surface area contributed by atoms with Gasteiger partial charge in [0.05, 0.1) is 36.4 Å². The number of hydrogen-bond donors (Lipinski definition) is 0. The molecule has 34 heavy (non-hydrogen) atoms. The first-order chi connectivity index (χ1) is 16.3. The number of likely N-dealkylation sites (tertiary alicyclic amines) is 1. The van der Waals surface area contributed by atoms with Crippen LogP contribution in [-0.2, 0) is 6.18 Å². The predicted molar refractivity (Wildman–Crippen MR) is 113 cm³/mol. The average Bonchev–Trinajstić information content (AvgIpc) is 3.50. The van der Waals surface area contributed by atoms with E-state index < -0.39 is 18.0 Å². The third kappa shape index (κ3) is 3.95. The van der Waals surface area contributed by atoms with Gasteiger partial charge in [-0.05, 0) is 31.9 Å². The van der Waals surface area contributed by atoms with E-state index in [1.807, 2.05) is 6.92 Å². The number of para-hydroxylation sites is 1. The number of ether oxygens (including phenoxy) is 1. The molecule has 12 heteroatoms. The Morgan fingerprint density at radius 2 is 1.85 bits per heavy atom. The Morgan fingerprint density at radius 3 is 2.62 bits per heavy atom. The Labute approximate surface area is 191 Å². The summed E-state index contributed by atoms with van der Waals surface area (Å²) in [5.74, 6) is -0.217. The number of piperidine rings is 1. The van der Waals surface area contributed by atoms with E-state index in [0.717, 1.165) is 10.6 Å². The van der Waals surface area contributed by atoms with E-state index >= 15 is 0 Å². The zero-order valence-corrected chi connectivity index (χ0v) is 18.1. The van der Waals surface area contributed by atoms with Crippen LogP contribution < -0.4 is 4.74 Å². The number of aromatic nitrogens is 6. The summed E-state index contributed by atoms with van der Waals surface area (Å²) in [6.07, 6.45) is 2.50. The number of carbonyl (C=O) groups is 1. The monoisotopic (exact) mass is 471 g/mol. The van der Waals surface area contributed by atoms with E-state index in [1.165, 1.54) is 29.6 Å². The predicted octanol–water partition coefficient (Wildman–Crippen LogP) is 3.40. The topological polar surface area (TPSA) is 90.4 Å². The second-order valence-corrected chi connectivity index (χ2v) is 8.03. The molecule has 0 bridgehead atoms. The van der Waals surface area contributed by atoms with Gasteiger partial charge in [-0.1, -0.05) is 12.1 Å². The van der Waals surface area contributed by atoms with E-state index in [9.17, 15) is 18.0 Å². The number of nitrogens with zero attached hydrogens (tertiary/aromatic N) is 7. The number of carbonyl (C=O) groups excluding carboxylic acids is 1. The molecule has 0 radical (unpaired) electrons. The summed E-state index contributed by atoms with van der Waals surface area (Å²) in [4.78, 5) is 24.5. The van der Waals surface area contributed by atoms with Gasteiger partial charge in [0.25, 0.3) is 11.8 Å². The van der Waals surface area contributed by atoms with Crippen LogP contribution >= 0.6 is 0 Å². The summed E-state index contributed by atoms with van der Waals surface area (Å²) in [6, 6.07) is 6.98. The highest BCUT2D eigenvalue weighted by Crippen LogP contribution is 2.32. The maximum absolute atomic E-state index is 13.5. The lowest BCUT2D eigenvalue weighted by atomic mass is 9.99. The number of rotatable bonds is 4. The Bertz CT molecular complexity index is 1320. The molecular formula is C22H20F3N7O2. The fourth-order valence-electron chi connectivity index (χ4n) is 4.12. The summed E-state index contributed by atoms with van der Waals surface area (Å²) < 4.78 is 46.6. The van der Waals surface area contributed by atoms with Crippen LogP contribution in [-0.4, -0.2) is 58.9 Å². The first kappa shape index (κ1) is 21.9. The third-order valence-electron chi connectivity index (χ3n) is 5.83. The van der Waals surface area contributed by atoms with E-state index in [2.05, 4.69) is 20.2 Å². The Morgan fingerprint density at radius 1 is 1.09 bits per heavy atom. The minimum absolute atomic E-state index is 0.00825. The Kier molecular flexibility index (Phi) is 5.42. The van der Waals surface area contributed by atoms with Crippen LogP contribution in [0.15, 0.2) is 55.2 Å². The van der Waals surface area contributed by atoms with E-state index in [0.29, 0.717) is 24.1 Å². The Balaban J connectivity index is 1.40. The van der Waals surface area contributed by atoms with Crippen molar-refractivity contribution in [2.45, 2.75) is 38.1 Å². The molecule has 0 saturated carbocycles. The molecule has 1 aliphatic heterocycles. The lowest BCUT2D eigenvalue weighted by molar-refractivity contribution is -0.141. The first-order valence-corrected chi connectivity index (χ1v) is 10.7. The fourth-order valence-corrected chi connectivity index (χ4v) is 4.12. The molecule has 3 aromatic heterocycles. The van der Waals surface area contributed by atoms with Crippen LogP contribution in [0.5, 0.6) is 5.88 Å². The van der Waals surface area contributed by atoms with Gasteiger partial charge in [-0.2, -0.15) is 28.2 Å². The molecule has 2 atom stereocenters. The van der Waals surface area contributed by atoms with Gasteiger partial charge in [0.15, 0.2) is 0 Å². The van der Waals surface area contributed by atoms with Gasteiger partial charge >= 0.3 is 6.18 Å². The zero-order chi connectivity index (χ0) is 23.9. The minimum atomic E-state index is -4.56. The van der Waals surface area contributed by atoms with Crippen molar-refractivity contribution in [3.8, 4) is 11.6 Å². The average molecular weight is 471 g/mol. The summed E-state index contributed by atoms with van der Waals surface area (Å²) in [5, 5.41) is 8.25. The molecule has 1 aromatic carbocycles. The zero-order valence-electron chi connectivity index (χ0n) is 18.1. The van der Waals surface area contributed by atoms with E-state index in [1.54, 1.807) is 29.2 Å². The lowest BCUT2D eigenvalue weighted by Crippen LogP contribution is -2.49. The SMILES string of the molecule is C[C@@H]1CC[C@@H](Oc2nccn3c(C(F)(F)F)cnc23)CN1C(=O)c1ccccc1-n1nccn1. The maximum Gasteiger partial charge on any atom is 0.433 e. The number of halogens is 3. The van der Waals surface area contributed by atoms with E-state index in [4.69, 9.17) is 4.74 Å². The maximum atomic E-state index is 13.5. The summed E-state index contributed by atoms with van der Waals surface area (Å²) in [5.41, 5.74) is 0.0554. The van der Waals surface area contributed by atoms with Gasteiger partial charge in [0.1, 0.15) is 11.8 Å². The standard InChI is InChI=1S/C22H20F3N7O2/c1-14-6-7-15(34-20-19-27-12-18(22(23,24)25)30(19)11-10-26-20)13-31(14)21(33)16-4-2-3-5-17(16)32-28-8-9-29-32/h2-5,8-12,14-15H,6-7,13H2,1H3/t14-,15-/m1/s1. The molecule has 4 aromatic rings. The molecule has 9 nitrogen and oxygen atoms in total. The van der Waals surface area contributed by atoms with Crippen molar-refractivity contribution in [2.75, 3.05) is 6.54 Å². The second-order valence-electron chi connectivity index (χ2n) is 8.03. The lowest BCUT2D eigenvalue weighted by Gasteiger charge is -2.38. The van der Waals surface area contributed by atoms with Crippen molar-refractivity contribution < 1.29 is 22.7 Å². The molecule has 0 unspecified atom stereocenters. The highest BCUT2D eigenvalue weighted by atomic mass is 19.4. The molecule has 0 N–H and O–H groups in total. The molecule has 176 valence electrons. The highest BCUT2D eigenvalue weighted by molar-refractivity contribution is 5.98. The molecule has 1 amide bonds. The van der Waals surface area contributed by atoms with Gasteiger partial charge in [0, 0.05) is 18.4 Å².